The maximum absolute atomic E-state index is 13.1. The molecule has 2 aromatic carbocycles. The van der Waals surface area contributed by atoms with Crippen molar-refractivity contribution in [2.45, 2.75) is 52.0 Å². The van der Waals surface area contributed by atoms with E-state index in [9.17, 15) is 13.5 Å². The van der Waals surface area contributed by atoms with Crippen LogP contribution in [-0.2, 0) is 15.6 Å². The maximum Gasteiger partial charge on any atom is 0.241 e. The van der Waals surface area contributed by atoms with Crippen LogP contribution in [0.5, 0.6) is 0 Å². The molecule has 0 bridgehead atoms. The zero-order valence-electron chi connectivity index (χ0n) is 17.2. The summed E-state index contributed by atoms with van der Waals surface area (Å²) in [6.07, 6.45) is 0. The number of nitrogens with one attached hydrogen (secondary N) is 1. The molecule has 0 fully saturated rings. The van der Waals surface area contributed by atoms with Crippen molar-refractivity contribution in [3.63, 3.8) is 0 Å². The topological polar surface area (TPSA) is 79.5 Å². The van der Waals surface area contributed by atoms with Crippen molar-refractivity contribution in [2.24, 2.45) is 0 Å². The molecule has 3 rings (SSSR count). The van der Waals surface area contributed by atoms with Crippen LogP contribution in [0, 0.1) is 34.6 Å². The summed E-state index contributed by atoms with van der Waals surface area (Å²) < 4.78 is 34.5. The molecule has 1 heterocycles. The van der Waals surface area contributed by atoms with Crippen LogP contribution in [0.4, 0.5) is 0 Å². The molecule has 5 nitrogen and oxygen atoms in total. The van der Waals surface area contributed by atoms with E-state index < -0.39 is 15.6 Å². The van der Waals surface area contributed by atoms with Crippen LogP contribution in [0.15, 0.2) is 39.6 Å². The van der Waals surface area contributed by atoms with Crippen LogP contribution in [0.2, 0.25) is 0 Å². The van der Waals surface area contributed by atoms with Crippen LogP contribution in [-0.4, -0.2) is 20.1 Å². The highest BCUT2D eigenvalue weighted by atomic mass is 32.2. The van der Waals surface area contributed by atoms with E-state index in [2.05, 4.69) is 4.72 Å². The van der Waals surface area contributed by atoms with Crippen LogP contribution in [0.3, 0.4) is 0 Å². The van der Waals surface area contributed by atoms with Gasteiger partial charge in [0.25, 0.3) is 0 Å². The number of hydrogen-bond donors (Lipinski definition) is 2. The Hall–Kier alpha value is -2.15. The first kappa shape index (κ1) is 20.6. The third kappa shape index (κ3) is 3.48. The monoisotopic (exact) mass is 401 g/mol. The molecular weight excluding hydrogens is 374 g/mol. The average Bonchev–Trinajstić information content (AvgIpc) is 3.08. The molecule has 2 N–H and O–H groups in total. The van der Waals surface area contributed by atoms with Crippen molar-refractivity contribution < 1.29 is 17.9 Å². The summed E-state index contributed by atoms with van der Waals surface area (Å²) in [5.41, 5.74) is 3.66. The van der Waals surface area contributed by atoms with Gasteiger partial charge >= 0.3 is 0 Å². The van der Waals surface area contributed by atoms with Gasteiger partial charge in [0.05, 0.1) is 4.90 Å². The van der Waals surface area contributed by atoms with Crippen molar-refractivity contribution in [1.29, 1.82) is 0 Å². The van der Waals surface area contributed by atoms with Gasteiger partial charge in [0.2, 0.25) is 10.0 Å². The first-order valence-electron chi connectivity index (χ1n) is 9.24. The average molecular weight is 402 g/mol. The molecule has 28 heavy (non-hydrogen) atoms. The van der Waals surface area contributed by atoms with E-state index in [0.29, 0.717) is 11.3 Å². The predicted molar refractivity (Wildman–Crippen MR) is 111 cm³/mol. The molecular formula is C22H27NO4S. The van der Waals surface area contributed by atoms with Crippen molar-refractivity contribution in [1.82, 2.24) is 4.72 Å². The van der Waals surface area contributed by atoms with Crippen LogP contribution >= 0.6 is 0 Å². The van der Waals surface area contributed by atoms with Crippen molar-refractivity contribution in [3.8, 4) is 0 Å². The second kappa shape index (κ2) is 7.03. The van der Waals surface area contributed by atoms with Gasteiger partial charge in [-0.3, -0.25) is 0 Å². The molecule has 6 heteroatoms. The van der Waals surface area contributed by atoms with Crippen molar-refractivity contribution in [2.75, 3.05) is 6.54 Å². The highest BCUT2D eigenvalue weighted by molar-refractivity contribution is 7.89. The highest BCUT2D eigenvalue weighted by Gasteiger charge is 2.31. The zero-order chi connectivity index (χ0) is 20.9. The largest absolute Gasteiger partial charge is 0.458 e. The van der Waals surface area contributed by atoms with Gasteiger partial charge in [0.1, 0.15) is 16.9 Å². The molecule has 0 aliphatic heterocycles. The van der Waals surface area contributed by atoms with Gasteiger partial charge in [-0.25, -0.2) is 13.1 Å². The van der Waals surface area contributed by atoms with Crippen molar-refractivity contribution in [3.05, 3.63) is 63.9 Å². The second-order valence-corrected chi connectivity index (χ2v) is 9.40. The van der Waals surface area contributed by atoms with Crippen LogP contribution < -0.4 is 4.72 Å². The molecule has 0 aliphatic carbocycles. The number of sulfonamides is 1. The number of para-hydroxylation sites is 1. The summed E-state index contributed by atoms with van der Waals surface area (Å²) in [5, 5.41) is 11.7. The molecule has 0 amide bonds. The number of fused-ring (bicyclic) bond motifs is 1. The maximum atomic E-state index is 13.1. The molecule has 0 aliphatic rings. The van der Waals surface area contributed by atoms with Gasteiger partial charge < -0.3 is 9.52 Å². The summed E-state index contributed by atoms with van der Waals surface area (Å²) in [6.45, 7) is 10.8. The number of benzene rings is 2. The molecule has 0 saturated heterocycles. The van der Waals surface area contributed by atoms with E-state index in [1.165, 1.54) is 0 Å². The van der Waals surface area contributed by atoms with Gasteiger partial charge in [0, 0.05) is 11.9 Å². The lowest BCUT2D eigenvalue weighted by Crippen LogP contribution is -2.39. The van der Waals surface area contributed by atoms with E-state index in [1.54, 1.807) is 13.0 Å². The molecule has 150 valence electrons. The smallest absolute Gasteiger partial charge is 0.241 e. The fourth-order valence-corrected chi connectivity index (χ4v) is 5.24. The molecule has 1 atom stereocenters. The quantitative estimate of drug-likeness (QED) is 0.673. The van der Waals surface area contributed by atoms with Gasteiger partial charge in [-0.1, -0.05) is 18.2 Å². The lowest BCUT2D eigenvalue weighted by atomic mass is 9.95. The summed E-state index contributed by atoms with van der Waals surface area (Å²) >= 11 is 0. The third-order valence-electron chi connectivity index (χ3n) is 5.76. The molecule has 0 spiro atoms. The predicted octanol–water partition coefficient (Wildman–Crippen LogP) is 4.16. The number of hydrogen-bond acceptors (Lipinski definition) is 4. The standard InChI is InChI=1S/C22H27NO4S/c1-13-14(2)16(4)21(17(5)15(13)3)28(25,26)23-12-22(6,24)20-11-18-9-7-8-10-19(18)27-20/h7-11,23-24H,12H2,1-6H3. The van der Waals surface area contributed by atoms with Crippen LogP contribution in [0.1, 0.15) is 40.5 Å². The summed E-state index contributed by atoms with van der Waals surface area (Å²) in [5.74, 6) is 0.320. The number of furan rings is 1. The van der Waals surface area contributed by atoms with Gasteiger partial charge in [0.15, 0.2) is 0 Å². The fraction of sp³-hybridized carbons (Fsp3) is 0.364. The highest BCUT2D eigenvalue weighted by Crippen LogP contribution is 2.31. The second-order valence-electron chi connectivity index (χ2n) is 7.70. The summed E-state index contributed by atoms with van der Waals surface area (Å²) in [6, 6.07) is 9.16. The lowest BCUT2D eigenvalue weighted by molar-refractivity contribution is 0.0411. The van der Waals surface area contributed by atoms with Crippen molar-refractivity contribution >= 4 is 21.0 Å². The Morgan fingerprint density at radius 1 is 0.964 bits per heavy atom. The van der Waals surface area contributed by atoms with E-state index >= 15 is 0 Å². The lowest BCUT2D eigenvalue weighted by Gasteiger charge is -2.23. The van der Waals surface area contributed by atoms with E-state index in [0.717, 1.165) is 33.2 Å². The Morgan fingerprint density at radius 2 is 1.50 bits per heavy atom. The number of aliphatic hydroxyl groups is 1. The van der Waals surface area contributed by atoms with Gasteiger partial charge in [-0.05, 0) is 81.5 Å². The minimum Gasteiger partial charge on any atom is -0.458 e. The molecule has 0 radical (unpaired) electrons. The minimum atomic E-state index is -3.81. The molecule has 1 aromatic heterocycles. The van der Waals surface area contributed by atoms with Crippen LogP contribution in [0.25, 0.3) is 11.0 Å². The molecule has 3 aromatic rings. The molecule has 1 unspecified atom stereocenters. The Morgan fingerprint density at radius 3 is 2.07 bits per heavy atom. The third-order valence-corrected chi connectivity index (χ3v) is 7.44. The first-order valence-corrected chi connectivity index (χ1v) is 10.7. The molecule has 0 saturated carbocycles. The summed E-state index contributed by atoms with van der Waals surface area (Å²) in [7, 11) is -3.81. The Bertz CT molecular complexity index is 1090. The first-order chi connectivity index (χ1) is 13.0. The van der Waals surface area contributed by atoms with E-state index in [-0.39, 0.29) is 11.4 Å². The van der Waals surface area contributed by atoms with Gasteiger partial charge in [-0.2, -0.15) is 0 Å². The zero-order valence-corrected chi connectivity index (χ0v) is 18.0. The van der Waals surface area contributed by atoms with E-state index in [1.807, 2.05) is 58.9 Å². The van der Waals surface area contributed by atoms with E-state index in [4.69, 9.17) is 4.42 Å². The SMILES string of the molecule is Cc1c(C)c(C)c(S(=O)(=O)NCC(C)(O)c2cc3ccccc3o2)c(C)c1C. The van der Waals surface area contributed by atoms with Gasteiger partial charge in [-0.15, -0.1) is 0 Å². The Balaban J connectivity index is 1.93. The number of rotatable bonds is 5. The summed E-state index contributed by atoms with van der Waals surface area (Å²) in [4.78, 5) is 0.286. The normalized spacial score (nSPS) is 14.4. The Kier molecular flexibility index (Phi) is 5.17. The fourth-order valence-electron chi connectivity index (χ4n) is 3.51. The minimum absolute atomic E-state index is 0.194. The Labute approximate surface area is 166 Å².